The van der Waals surface area contributed by atoms with Crippen molar-refractivity contribution in [2.24, 2.45) is 0 Å². The SMILES string of the molecule is C1SCC1SC(SC1CSC1)C(SC1CSC1)SC1CSC1. The monoisotopic (exact) mass is 446 g/mol. The Morgan fingerprint density at radius 1 is 0.455 bits per heavy atom. The first-order valence-corrected chi connectivity index (χ1v) is 16.2. The van der Waals surface area contributed by atoms with E-state index in [1.165, 1.54) is 46.0 Å². The van der Waals surface area contributed by atoms with E-state index >= 15 is 0 Å². The Labute approximate surface area is 168 Å². The molecule has 4 aliphatic rings. The molecule has 0 aromatic heterocycles. The fourth-order valence-electron chi connectivity index (χ4n) is 2.25. The van der Waals surface area contributed by atoms with Crippen molar-refractivity contribution in [3.63, 3.8) is 0 Å². The third kappa shape index (κ3) is 4.95. The van der Waals surface area contributed by atoms with Crippen LogP contribution in [0.2, 0.25) is 0 Å². The van der Waals surface area contributed by atoms with Gasteiger partial charge in [-0.3, -0.25) is 0 Å². The van der Waals surface area contributed by atoms with Crippen LogP contribution in [0.15, 0.2) is 0 Å². The maximum Gasteiger partial charge on any atom is 0.0719 e. The van der Waals surface area contributed by atoms with Gasteiger partial charge in [0, 0.05) is 67.0 Å². The van der Waals surface area contributed by atoms with Crippen molar-refractivity contribution in [3.8, 4) is 0 Å². The van der Waals surface area contributed by atoms with Crippen LogP contribution >= 0.6 is 94.1 Å². The summed E-state index contributed by atoms with van der Waals surface area (Å²) in [7, 11) is 0. The zero-order valence-corrected chi connectivity index (χ0v) is 18.9. The molecule has 0 spiro atoms. The van der Waals surface area contributed by atoms with Crippen LogP contribution in [-0.2, 0) is 0 Å². The van der Waals surface area contributed by atoms with Crippen molar-refractivity contribution in [1.82, 2.24) is 0 Å². The van der Waals surface area contributed by atoms with Crippen LogP contribution in [0.25, 0.3) is 0 Å². The molecule has 4 rings (SSSR count). The first-order valence-electron chi connectivity index (χ1n) is 7.79. The molecule has 0 nitrogen and oxygen atoms in total. The lowest BCUT2D eigenvalue weighted by Crippen LogP contribution is -2.35. The quantitative estimate of drug-likeness (QED) is 0.446. The van der Waals surface area contributed by atoms with E-state index in [0.29, 0.717) is 0 Å². The summed E-state index contributed by atoms with van der Waals surface area (Å²) in [5.41, 5.74) is 0. The summed E-state index contributed by atoms with van der Waals surface area (Å²) in [6.07, 6.45) is 0. The zero-order chi connectivity index (χ0) is 14.8. The summed E-state index contributed by atoms with van der Waals surface area (Å²) < 4.78 is 1.67. The van der Waals surface area contributed by atoms with Crippen molar-refractivity contribution in [3.05, 3.63) is 0 Å². The lowest BCUT2D eigenvalue weighted by atomic mass is 10.5. The molecular formula is C14H22S8. The zero-order valence-electron chi connectivity index (χ0n) is 12.4. The summed E-state index contributed by atoms with van der Waals surface area (Å²) in [4.78, 5) is 0. The standard InChI is InChI=1S/C14H22S8/c1-9(2-15-1)19-13(20-10-3-16-4-10)14(21-11-5-17-6-11)22-12-7-18-8-12/h9-14H,1-8H2. The number of rotatable bonds is 9. The summed E-state index contributed by atoms with van der Waals surface area (Å²) in [5.74, 6) is 11.2. The molecule has 0 radical (unpaired) electrons. The summed E-state index contributed by atoms with van der Waals surface area (Å²) in [6.45, 7) is 0. The van der Waals surface area contributed by atoms with Crippen LogP contribution in [0.3, 0.4) is 0 Å². The van der Waals surface area contributed by atoms with Crippen LogP contribution < -0.4 is 0 Å². The van der Waals surface area contributed by atoms with Gasteiger partial charge in [0.1, 0.15) is 0 Å². The topological polar surface area (TPSA) is 0 Å². The summed E-state index contributed by atoms with van der Waals surface area (Å²) in [6, 6.07) is 0. The Morgan fingerprint density at radius 2 is 0.682 bits per heavy atom. The van der Waals surface area contributed by atoms with E-state index in [-0.39, 0.29) is 0 Å². The van der Waals surface area contributed by atoms with Gasteiger partial charge in [-0.05, 0) is 0 Å². The number of hydrogen-bond acceptors (Lipinski definition) is 8. The van der Waals surface area contributed by atoms with E-state index in [1.807, 2.05) is 0 Å². The van der Waals surface area contributed by atoms with Crippen molar-refractivity contribution in [2.75, 3.05) is 46.0 Å². The van der Waals surface area contributed by atoms with Gasteiger partial charge in [-0.1, -0.05) is 0 Å². The normalized spacial score (nSPS) is 27.5. The van der Waals surface area contributed by atoms with Gasteiger partial charge in [0.15, 0.2) is 0 Å². The van der Waals surface area contributed by atoms with Gasteiger partial charge in [-0.25, -0.2) is 0 Å². The van der Waals surface area contributed by atoms with Crippen LogP contribution in [0, 0.1) is 0 Å². The highest BCUT2D eigenvalue weighted by molar-refractivity contribution is 8.26. The Bertz CT molecular complexity index is 285. The smallest absolute Gasteiger partial charge is 0.0719 e. The average molecular weight is 447 g/mol. The first kappa shape index (κ1) is 18.2. The Balaban J connectivity index is 1.37. The minimum atomic E-state index is 0.836. The Hall–Kier alpha value is 2.80. The molecule has 0 saturated carbocycles. The second-order valence-electron chi connectivity index (χ2n) is 5.92. The van der Waals surface area contributed by atoms with Crippen LogP contribution in [0.5, 0.6) is 0 Å². The predicted molar refractivity (Wildman–Crippen MR) is 122 cm³/mol. The average Bonchev–Trinajstić information content (AvgIpc) is 2.31. The minimum Gasteiger partial charge on any atom is -0.160 e. The fraction of sp³-hybridized carbons (Fsp3) is 1.00. The maximum atomic E-state index is 2.35. The highest BCUT2D eigenvalue weighted by atomic mass is 32.2. The molecular weight excluding hydrogens is 425 g/mol. The summed E-state index contributed by atoms with van der Waals surface area (Å²) >= 11 is 18.0. The van der Waals surface area contributed by atoms with E-state index in [0.717, 1.165) is 30.2 Å². The van der Waals surface area contributed by atoms with Gasteiger partial charge in [0.05, 0.1) is 9.16 Å². The molecule has 22 heavy (non-hydrogen) atoms. The van der Waals surface area contributed by atoms with E-state index in [1.54, 1.807) is 0 Å². The lowest BCUT2D eigenvalue weighted by molar-refractivity contribution is 1.04. The van der Waals surface area contributed by atoms with Gasteiger partial charge >= 0.3 is 0 Å². The molecule has 8 heteroatoms. The van der Waals surface area contributed by atoms with Gasteiger partial charge in [-0.2, -0.15) is 47.0 Å². The van der Waals surface area contributed by atoms with E-state index < -0.39 is 0 Å². The molecule has 4 saturated heterocycles. The molecule has 0 N–H and O–H groups in total. The van der Waals surface area contributed by atoms with Gasteiger partial charge in [0.2, 0.25) is 0 Å². The molecule has 0 unspecified atom stereocenters. The highest BCUT2D eigenvalue weighted by Crippen LogP contribution is 2.52. The fourth-order valence-corrected chi connectivity index (χ4v) is 14.8. The van der Waals surface area contributed by atoms with Crippen molar-refractivity contribution in [2.45, 2.75) is 30.2 Å². The first-order chi connectivity index (χ1) is 10.9. The summed E-state index contributed by atoms with van der Waals surface area (Å²) in [5, 5.41) is 3.80. The second kappa shape index (κ2) is 9.14. The maximum absolute atomic E-state index is 2.35. The molecule has 0 aromatic rings. The molecule has 126 valence electrons. The molecule has 0 bridgehead atoms. The van der Waals surface area contributed by atoms with Gasteiger partial charge in [-0.15, -0.1) is 47.0 Å². The van der Waals surface area contributed by atoms with E-state index in [9.17, 15) is 0 Å². The predicted octanol–water partition coefficient (Wildman–Crippen LogP) is 5.03. The van der Waals surface area contributed by atoms with Gasteiger partial charge in [0.25, 0.3) is 0 Å². The van der Waals surface area contributed by atoms with Gasteiger partial charge < -0.3 is 0 Å². The van der Waals surface area contributed by atoms with Crippen LogP contribution in [-0.4, -0.2) is 76.2 Å². The van der Waals surface area contributed by atoms with Crippen molar-refractivity contribution < 1.29 is 0 Å². The van der Waals surface area contributed by atoms with Crippen LogP contribution in [0.1, 0.15) is 0 Å². The highest BCUT2D eigenvalue weighted by Gasteiger charge is 2.38. The molecule has 4 fully saturated rings. The van der Waals surface area contributed by atoms with Crippen LogP contribution in [0.4, 0.5) is 0 Å². The molecule has 0 atom stereocenters. The van der Waals surface area contributed by atoms with Crippen molar-refractivity contribution >= 4 is 94.1 Å². The number of hydrogen-bond donors (Lipinski definition) is 0. The molecule has 0 aromatic carbocycles. The largest absolute Gasteiger partial charge is 0.160 e. The third-order valence-corrected chi connectivity index (χ3v) is 17.8. The second-order valence-corrected chi connectivity index (χ2v) is 16.6. The third-order valence-electron chi connectivity index (χ3n) is 3.96. The molecule has 0 amide bonds. The van der Waals surface area contributed by atoms with E-state index in [2.05, 4.69) is 94.1 Å². The minimum absolute atomic E-state index is 0.836. The lowest BCUT2D eigenvalue weighted by Gasteiger charge is -2.40. The Morgan fingerprint density at radius 3 is 0.818 bits per heavy atom. The molecule has 0 aliphatic carbocycles. The Kier molecular flexibility index (Phi) is 7.55. The molecule has 4 heterocycles. The molecule has 4 aliphatic heterocycles. The van der Waals surface area contributed by atoms with E-state index in [4.69, 9.17) is 0 Å². The van der Waals surface area contributed by atoms with Crippen molar-refractivity contribution in [1.29, 1.82) is 0 Å². The number of thioether (sulfide) groups is 8.